The van der Waals surface area contributed by atoms with Crippen LogP contribution in [-0.2, 0) is 6.61 Å². The molecule has 0 radical (unpaired) electrons. The molecule has 0 saturated heterocycles. The van der Waals surface area contributed by atoms with Gasteiger partial charge in [0.05, 0.1) is 9.95 Å². The van der Waals surface area contributed by atoms with E-state index in [4.69, 9.17) is 39.5 Å². The van der Waals surface area contributed by atoms with Gasteiger partial charge in [-0.25, -0.2) is 0 Å². The average Bonchev–Trinajstić information content (AvgIpc) is 2.39. The van der Waals surface area contributed by atoms with E-state index in [0.717, 1.165) is 0 Å². The van der Waals surface area contributed by atoms with Crippen molar-refractivity contribution in [3.05, 3.63) is 67.1 Å². The van der Waals surface area contributed by atoms with Gasteiger partial charge in [-0.2, -0.15) is 0 Å². The molecule has 0 unspecified atom stereocenters. The lowest BCUT2D eigenvalue weighted by atomic mass is 10.2. The highest BCUT2D eigenvalue weighted by atomic mass is 35.5. The third-order valence-electron chi connectivity index (χ3n) is 2.52. The molecule has 0 atom stereocenters. The summed E-state index contributed by atoms with van der Waals surface area (Å²) in [7, 11) is 0. The van der Waals surface area contributed by atoms with Crippen LogP contribution in [0.15, 0.2) is 36.4 Å². The lowest BCUT2D eigenvalue weighted by Gasteiger charge is -2.09. The maximum atomic E-state index is 10.7. The van der Waals surface area contributed by atoms with E-state index in [2.05, 4.69) is 0 Å². The Bertz CT molecular complexity index is 661. The Morgan fingerprint density at radius 3 is 2.45 bits per heavy atom. The largest absolute Gasteiger partial charge is 0.487 e. The molecule has 20 heavy (non-hydrogen) atoms. The summed E-state index contributed by atoms with van der Waals surface area (Å²) in [4.78, 5) is 10.2. The van der Waals surface area contributed by atoms with E-state index < -0.39 is 4.92 Å². The quantitative estimate of drug-likeness (QED) is 0.576. The van der Waals surface area contributed by atoms with Gasteiger partial charge in [0.1, 0.15) is 12.4 Å². The number of nitro groups is 1. The second kappa shape index (κ2) is 6.31. The molecule has 0 spiro atoms. The fourth-order valence-electron chi connectivity index (χ4n) is 1.53. The smallest absolute Gasteiger partial charge is 0.269 e. The van der Waals surface area contributed by atoms with Gasteiger partial charge < -0.3 is 4.74 Å². The van der Waals surface area contributed by atoms with Gasteiger partial charge in [-0.15, -0.1) is 0 Å². The standard InChI is InChI=1S/C13H8Cl3NO3/c14-9-1-4-13(12(16)6-9)20-7-8-5-10(17(18)19)2-3-11(8)15/h1-6H,7H2. The van der Waals surface area contributed by atoms with Crippen molar-refractivity contribution in [3.8, 4) is 5.75 Å². The number of hydrogen-bond acceptors (Lipinski definition) is 3. The normalized spacial score (nSPS) is 10.3. The van der Waals surface area contributed by atoms with Crippen molar-refractivity contribution < 1.29 is 9.66 Å². The van der Waals surface area contributed by atoms with E-state index in [1.807, 2.05) is 0 Å². The van der Waals surface area contributed by atoms with Crippen LogP contribution < -0.4 is 4.74 Å². The van der Waals surface area contributed by atoms with E-state index >= 15 is 0 Å². The highest BCUT2D eigenvalue weighted by Gasteiger charge is 2.11. The monoisotopic (exact) mass is 331 g/mol. The molecule has 0 aliphatic rings. The first-order valence-electron chi connectivity index (χ1n) is 5.48. The van der Waals surface area contributed by atoms with Gasteiger partial charge in [-0.05, 0) is 24.3 Å². The second-order valence-corrected chi connectivity index (χ2v) is 5.15. The maximum absolute atomic E-state index is 10.7. The number of nitro benzene ring substituents is 1. The van der Waals surface area contributed by atoms with Gasteiger partial charge in [-0.1, -0.05) is 34.8 Å². The fraction of sp³-hybridized carbons (Fsp3) is 0.0769. The molecule has 2 rings (SSSR count). The van der Waals surface area contributed by atoms with Gasteiger partial charge in [0.15, 0.2) is 0 Å². The van der Waals surface area contributed by atoms with E-state index in [9.17, 15) is 10.1 Å². The number of hydrogen-bond donors (Lipinski definition) is 0. The number of ether oxygens (including phenoxy) is 1. The molecule has 0 saturated carbocycles. The van der Waals surface area contributed by atoms with Crippen LogP contribution in [0, 0.1) is 10.1 Å². The van der Waals surface area contributed by atoms with Crippen LogP contribution in [0.4, 0.5) is 5.69 Å². The zero-order valence-electron chi connectivity index (χ0n) is 9.98. The number of rotatable bonds is 4. The summed E-state index contributed by atoms with van der Waals surface area (Å²) in [5.41, 5.74) is 0.460. The first kappa shape index (κ1) is 14.9. The molecule has 0 bridgehead atoms. The lowest BCUT2D eigenvalue weighted by molar-refractivity contribution is -0.384. The molecule has 0 aromatic heterocycles. The molecule has 0 N–H and O–H groups in total. The number of non-ortho nitro benzene ring substituents is 1. The number of halogens is 3. The Labute approximate surface area is 130 Å². The summed E-state index contributed by atoms with van der Waals surface area (Å²) in [6, 6.07) is 8.97. The van der Waals surface area contributed by atoms with Crippen molar-refractivity contribution in [1.29, 1.82) is 0 Å². The highest BCUT2D eigenvalue weighted by Crippen LogP contribution is 2.29. The van der Waals surface area contributed by atoms with Gasteiger partial charge in [0.2, 0.25) is 0 Å². The molecule has 2 aromatic carbocycles. The lowest BCUT2D eigenvalue weighted by Crippen LogP contribution is -1.98. The van der Waals surface area contributed by atoms with Crippen LogP contribution in [-0.4, -0.2) is 4.92 Å². The Morgan fingerprint density at radius 2 is 1.80 bits per heavy atom. The van der Waals surface area contributed by atoms with Crippen molar-refractivity contribution in [3.63, 3.8) is 0 Å². The van der Waals surface area contributed by atoms with E-state index in [1.54, 1.807) is 18.2 Å². The van der Waals surface area contributed by atoms with Crippen LogP contribution in [0.5, 0.6) is 5.75 Å². The Hall–Kier alpha value is -1.49. The predicted molar refractivity (Wildman–Crippen MR) is 78.9 cm³/mol. The van der Waals surface area contributed by atoms with Gasteiger partial charge in [0, 0.05) is 27.7 Å². The summed E-state index contributed by atoms with van der Waals surface area (Å²) < 4.78 is 5.50. The summed E-state index contributed by atoms with van der Waals surface area (Å²) in [6.45, 7) is 0.0713. The van der Waals surface area contributed by atoms with Crippen LogP contribution in [0.25, 0.3) is 0 Å². The minimum atomic E-state index is -0.491. The predicted octanol–water partition coefficient (Wildman–Crippen LogP) is 5.13. The van der Waals surface area contributed by atoms with E-state index in [0.29, 0.717) is 26.4 Å². The van der Waals surface area contributed by atoms with Crippen LogP contribution >= 0.6 is 34.8 Å². The molecule has 2 aromatic rings. The number of benzene rings is 2. The summed E-state index contributed by atoms with van der Waals surface area (Å²) in [6.07, 6.45) is 0. The van der Waals surface area contributed by atoms with E-state index in [1.165, 1.54) is 18.2 Å². The Kier molecular flexibility index (Phi) is 4.70. The molecule has 0 heterocycles. The molecule has 0 amide bonds. The van der Waals surface area contributed by atoms with Crippen molar-refractivity contribution in [2.45, 2.75) is 6.61 Å². The Balaban J connectivity index is 2.18. The van der Waals surface area contributed by atoms with Gasteiger partial charge in [-0.3, -0.25) is 10.1 Å². The van der Waals surface area contributed by atoms with Crippen molar-refractivity contribution in [2.75, 3.05) is 0 Å². The minimum Gasteiger partial charge on any atom is -0.487 e. The molecule has 0 fully saturated rings. The highest BCUT2D eigenvalue weighted by molar-refractivity contribution is 6.35. The third kappa shape index (κ3) is 3.54. The topological polar surface area (TPSA) is 52.4 Å². The van der Waals surface area contributed by atoms with Crippen molar-refractivity contribution >= 4 is 40.5 Å². The van der Waals surface area contributed by atoms with Crippen molar-refractivity contribution in [2.24, 2.45) is 0 Å². The molecule has 0 aliphatic carbocycles. The zero-order chi connectivity index (χ0) is 14.7. The van der Waals surface area contributed by atoms with E-state index in [-0.39, 0.29) is 12.3 Å². The van der Waals surface area contributed by atoms with Crippen LogP contribution in [0.2, 0.25) is 15.1 Å². The van der Waals surface area contributed by atoms with Crippen LogP contribution in [0.3, 0.4) is 0 Å². The van der Waals surface area contributed by atoms with Crippen LogP contribution in [0.1, 0.15) is 5.56 Å². The number of nitrogens with zero attached hydrogens (tertiary/aromatic N) is 1. The fourth-order valence-corrected chi connectivity index (χ4v) is 2.17. The molecular weight excluding hydrogens is 325 g/mol. The first-order valence-corrected chi connectivity index (χ1v) is 6.61. The zero-order valence-corrected chi connectivity index (χ0v) is 12.2. The summed E-state index contributed by atoms with van der Waals surface area (Å²) >= 11 is 17.7. The summed E-state index contributed by atoms with van der Waals surface area (Å²) in [5, 5.41) is 12.0. The van der Waals surface area contributed by atoms with Gasteiger partial charge in [0.25, 0.3) is 5.69 Å². The first-order chi connectivity index (χ1) is 9.47. The molecule has 4 nitrogen and oxygen atoms in total. The molecular formula is C13H8Cl3NO3. The molecule has 0 aliphatic heterocycles. The van der Waals surface area contributed by atoms with Crippen molar-refractivity contribution in [1.82, 2.24) is 0 Å². The maximum Gasteiger partial charge on any atom is 0.269 e. The SMILES string of the molecule is O=[N+]([O-])c1ccc(Cl)c(COc2ccc(Cl)cc2Cl)c1. The molecule has 7 heteroatoms. The second-order valence-electron chi connectivity index (χ2n) is 3.90. The average molecular weight is 333 g/mol. The minimum absolute atomic E-state index is 0.0461. The Morgan fingerprint density at radius 1 is 1.05 bits per heavy atom. The molecule has 104 valence electrons. The third-order valence-corrected chi connectivity index (χ3v) is 3.42. The van der Waals surface area contributed by atoms with Gasteiger partial charge >= 0.3 is 0 Å². The summed E-state index contributed by atoms with van der Waals surface area (Å²) in [5.74, 6) is 0.429.